The third-order valence-electron chi connectivity index (χ3n) is 7.44. The van der Waals surface area contributed by atoms with E-state index in [1.807, 2.05) is 20.8 Å². The fraction of sp³-hybridized carbons (Fsp3) is 0.394. The largest absolute Gasteiger partial charge is 0.450 e. The highest BCUT2D eigenvalue weighted by Gasteiger charge is 2.30. The van der Waals surface area contributed by atoms with E-state index in [1.165, 1.54) is 18.2 Å². The summed E-state index contributed by atoms with van der Waals surface area (Å²) in [4.78, 5) is 53.6. The average molecular weight is 652 g/mol. The molecule has 0 aliphatic heterocycles. The van der Waals surface area contributed by atoms with Crippen LogP contribution in [0.25, 0.3) is 0 Å². The number of rotatable bonds is 11. The van der Waals surface area contributed by atoms with Crippen molar-refractivity contribution in [1.82, 2.24) is 15.6 Å². The van der Waals surface area contributed by atoms with Crippen LogP contribution in [0.2, 0.25) is 5.02 Å². The number of carbonyl (C=O) groups is 3. The molecule has 4 rings (SSSR count). The van der Waals surface area contributed by atoms with Gasteiger partial charge in [-0.05, 0) is 88.3 Å². The molecule has 1 aliphatic rings. The maximum atomic E-state index is 13.4. The van der Waals surface area contributed by atoms with Crippen molar-refractivity contribution >= 4 is 40.9 Å². The number of alkyl carbamates (subject to hydrolysis) is 1. The second kappa shape index (κ2) is 15.5. The molecule has 46 heavy (non-hydrogen) atoms. The Bertz CT molecular complexity index is 1520. The van der Waals surface area contributed by atoms with Crippen molar-refractivity contribution in [1.29, 1.82) is 0 Å². The Labute approximate surface area is 272 Å². The van der Waals surface area contributed by atoms with Gasteiger partial charge in [-0.1, -0.05) is 23.7 Å². The smallest absolute Gasteiger partial charge is 0.407 e. The number of hydrogen-bond acceptors (Lipinski definition) is 8. The van der Waals surface area contributed by atoms with Gasteiger partial charge in [0.1, 0.15) is 17.4 Å². The maximum absolute atomic E-state index is 13.4. The summed E-state index contributed by atoms with van der Waals surface area (Å²) in [6, 6.07) is 13.2. The van der Waals surface area contributed by atoms with E-state index < -0.39 is 22.7 Å². The highest BCUT2D eigenvalue weighted by Crippen LogP contribution is 2.34. The molecule has 1 fully saturated rings. The van der Waals surface area contributed by atoms with Crippen molar-refractivity contribution in [2.75, 3.05) is 11.9 Å². The standard InChI is InChI=1S/C33H38ClN5O7/c1-33(2,3)46-32(42)36-20-22-4-8-23(9-5-22)30(40)38-27(31(41)37-25-14-16-35-17-15-25)18-21-6-11-26(12-7-21)45-29-19-24(34)10-13-28(29)39(43)44/h6-7,10-17,19,22-23,27H,4-5,8-9,18,20H2,1-3H3,(H,36,42)(H,38,40)(H,35,37,41)/t22?,23?,27-/m0/s1. The molecule has 2 aromatic carbocycles. The number of ether oxygens (including phenoxy) is 2. The molecular formula is C33H38ClN5O7. The highest BCUT2D eigenvalue weighted by atomic mass is 35.5. The summed E-state index contributed by atoms with van der Waals surface area (Å²) < 4.78 is 11.0. The van der Waals surface area contributed by atoms with E-state index in [-0.39, 0.29) is 41.5 Å². The number of aromatic nitrogens is 1. The normalized spacial score (nSPS) is 16.9. The number of nitro groups is 1. The first-order valence-corrected chi connectivity index (χ1v) is 15.4. The summed E-state index contributed by atoms with van der Waals surface area (Å²) in [5, 5.41) is 20.3. The van der Waals surface area contributed by atoms with Gasteiger partial charge in [0.15, 0.2) is 0 Å². The van der Waals surface area contributed by atoms with E-state index in [0.29, 0.717) is 35.8 Å². The number of hydrogen-bond donors (Lipinski definition) is 3. The summed E-state index contributed by atoms with van der Waals surface area (Å²) in [7, 11) is 0. The van der Waals surface area contributed by atoms with Gasteiger partial charge in [-0.3, -0.25) is 24.7 Å². The lowest BCUT2D eigenvalue weighted by Crippen LogP contribution is -2.48. The van der Waals surface area contributed by atoms with E-state index in [1.54, 1.807) is 48.8 Å². The molecule has 13 heteroatoms. The Morgan fingerprint density at radius 2 is 1.70 bits per heavy atom. The van der Waals surface area contributed by atoms with Crippen molar-refractivity contribution in [3.05, 3.63) is 87.7 Å². The van der Waals surface area contributed by atoms with Crippen molar-refractivity contribution in [2.45, 2.75) is 64.5 Å². The van der Waals surface area contributed by atoms with Crippen molar-refractivity contribution in [3.63, 3.8) is 0 Å². The predicted octanol–water partition coefficient (Wildman–Crippen LogP) is 6.43. The number of halogens is 1. The van der Waals surface area contributed by atoms with E-state index in [4.69, 9.17) is 21.1 Å². The highest BCUT2D eigenvalue weighted by molar-refractivity contribution is 6.30. The zero-order valence-electron chi connectivity index (χ0n) is 26.0. The van der Waals surface area contributed by atoms with Crippen LogP contribution in [0, 0.1) is 22.0 Å². The molecule has 1 aromatic heterocycles. The molecule has 3 N–H and O–H groups in total. The topological polar surface area (TPSA) is 162 Å². The van der Waals surface area contributed by atoms with Crippen LogP contribution < -0.4 is 20.7 Å². The van der Waals surface area contributed by atoms with Gasteiger partial charge < -0.3 is 25.4 Å². The second-order valence-corrected chi connectivity index (χ2v) is 12.6. The van der Waals surface area contributed by atoms with Crippen molar-refractivity contribution < 1.29 is 28.8 Å². The molecule has 0 radical (unpaired) electrons. The van der Waals surface area contributed by atoms with Gasteiger partial charge in [0.05, 0.1) is 4.92 Å². The fourth-order valence-electron chi connectivity index (χ4n) is 5.11. The van der Waals surface area contributed by atoms with E-state index >= 15 is 0 Å². The minimum atomic E-state index is -0.881. The summed E-state index contributed by atoms with van der Waals surface area (Å²) >= 11 is 6.01. The number of benzene rings is 2. The molecule has 12 nitrogen and oxygen atoms in total. The molecule has 0 unspecified atom stereocenters. The van der Waals surface area contributed by atoms with Crippen LogP contribution in [0.1, 0.15) is 52.0 Å². The van der Waals surface area contributed by atoms with Crippen LogP contribution >= 0.6 is 11.6 Å². The molecule has 3 amide bonds. The van der Waals surface area contributed by atoms with Crippen LogP contribution in [0.5, 0.6) is 11.5 Å². The number of anilines is 1. The lowest BCUT2D eigenvalue weighted by atomic mass is 9.81. The summed E-state index contributed by atoms with van der Waals surface area (Å²) in [6.45, 7) is 5.90. The Kier molecular flexibility index (Phi) is 11.5. The molecule has 0 spiro atoms. The van der Waals surface area contributed by atoms with Crippen LogP contribution in [0.3, 0.4) is 0 Å². The third kappa shape index (κ3) is 10.4. The zero-order valence-corrected chi connectivity index (χ0v) is 26.7. The molecule has 244 valence electrons. The lowest BCUT2D eigenvalue weighted by molar-refractivity contribution is -0.385. The van der Waals surface area contributed by atoms with E-state index in [2.05, 4.69) is 20.9 Å². The number of pyridine rings is 1. The number of nitrogens with one attached hydrogen (secondary N) is 3. The number of carbonyl (C=O) groups excluding carboxylic acids is 3. The SMILES string of the molecule is CC(C)(C)OC(=O)NCC1CCC(C(=O)N[C@@H](Cc2ccc(Oc3cc(Cl)ccc3[N+](=O)[O-])cc2)C(=O)Nc2ccncc2)CC1. The Morgan fingerprint density at radius 3 is 2.33 bits per heavy atom. The molecule has 1 atom stereocenters. The quantitative estimate of drug-likeness (QED) is 0.158. The Morgan fingerprint density at radius 1 is 1.02 bits per heavy atom. The van der Waals surface area contributed by atoms with E-state index in [0.717, 1.165) is 18.4 Å². The fourth-order valence-corrected chi connectivity index (χ4v) is 5.27. The third-order valence-corrected chi connectivity index (χ3v) is 7.68. The number of nitrogens with zero attached hydrogens (tertiary/aromatic N) is 2. The first-order chi connectivity index (χ1) is 21.9. The molecule has 1 saturated carbocycles. The van der Waals surface area contributed by atoms with Gasteiger partial charge in [0, 0.05) is 54.1 Å². The maximum Gasteiger partial charge on any atom is 0.407 e. The minimum absolute atomic E-state index is 0.00228. The Balaban J connectivity index is 1.39. The van der Waals surface area contributed by atoms with Gasteiger partial charge in [-0.15, -0.1) is 0 Å². The first-order valence-electron chi connectivity index (χ1n) is 15.0. The summed E-state index contributed by atoms with van der Waals surface area (Å²) in [6.07, 6.45) is 5.63. The summed E-state index contributed by atoms with van der Waals surface area (Å²) in [5.74, 6) is -0.280. The van der Waals surface area contributed by atoms with E-state index in [9.17, 15) is 24.5 Å². The van der Waals surface area contributed by atoms with Gasteiger partial charge in [0.25, 0.3) is 0 Å². The van der Waals surface area contributed by atoms with Crippen molar-refractivity contribution in [3.8, 4) is 11.5 Å². The minimum Gasteiger partial charge on any atom is -0.450 e. The first kappa shape index (κ1) is 34.2. The lowest BCUT2D eigenvalue weighted by Gasteiger charge is -2.29. The Hall–Kier alpha value is -4.71. The molecule has 0 bridgehead atoms. The number of nitro benzene ring substituents is 1. The van der Waals surface area contributed by atoms with Crippen LogP contribution in [-0.2, 0) is 20.7 Å². The van der Waals surface area contributed by atoms with Crippen LogP contribution in [0.4, 0.5) is 16.2 Å². The summed E-state index contributed by atoms with van der Waals surface area (Å²) in [5.41, 5.74) is 0.484. The van der Waals surface area contributed by atoms with Crippen molar-refractivity contribution in [2.24, 2.45) is 11.8 Å². The van der Waals surface area contributed by atoms with Gasteiger partial charge in [-0.25, -0.2) is 4.79 Å². The molecule has 3 aromatic rings. The molecule has 1 aliphatic carbocycles. The van der Waals surface area contributed by atoms with Crippen LogP contribution in [-0.4, -0.2) is 46.0 Å². The molecule has 1 heterocycles. The second-order valence-electron chi connectivity index (χ2n) is 12.2. The predicted molar refractivity (Wildman–Crippen MR) is 173 cm³/mol. The monoisotopic (exact) mass is 651 g/mol. The molecule has 0 saturated heterocycles. The van der Waals surface area contributed by atoms with Crippen LogP contribution in [0.15, 0.2) is 67.0 Å². The van der Waals surface area contributed by atoms with Gasteiger partial charge in [-0.2, -0.15) is 0 Å². The zero-order chi connectivity index (χ0) is 33.3. The average Bonchev–Trinajstić information content (AvgIpc) is 3.00. The van der Waals surface area contributed by atoms with Gasteiger partial charge in [0.2, 0.25) is 17.6 Å². The number of amides is 3. The molecular weight excluding hydrogens is 614 g/mol. The van der Waals surface area contributed by atoms with Gasteiger partial charge >= 0.3 is 11.8 Å².